The van der Waals surface area contributed by atoms with Gasteiger partial charge in [-0.2, -0.15) is 0 Å². The Morgan fingerprint density at radius 2 is 1.07 bits per heavy atom. The van der Waals surface area contributed by atoms with Gasteiger partial charge in [0.05, 0.1) is 5.52 Å². The highest BCUT2D eigenvalue weighted by atomic mass is 15.1. The summed E-state index contributed by atoms with van der Waals surface area (Å²) in [7, 11) is 0. The molecule has 0 atom stereocenters. The van der Waals surface area contributed by atoms with Crippen LogP contribution in [0.5, 0.6) is 0 Å². The molecule has 0 radical (unpaired) electrons. The third-order valence-electron chi connectivity index (χ3n) is 5.10. The van der Waals surface area contributed by atoms with Gasteiger partial charge in [0.15, 0.2) is 0 Å². The molecule has 0 bridgehead atoms. The quantitative estimate of drug-likeness (QED) is 0.327. The normalized spacial score (nSPS) is 10.8. The van der Waals surface area contributed by atoms with Gasteiger partial charge in [-0.05, 0) is 48.0 Å². The van der Waals surface area contributed by atoms with Crippen molar-refractivity contribution in [3.63, 3.8) is 0 Å². The summed E-state index contributed by atoms with van der Waals surface area (Å²) in [5.41, 5.74) is 6.75. The first-order chi connectivity index (χ1) is 14.4. The van der Waals surface area contributed by atoms with Crippen LogP contribution in [0.2, 0.25) is 0 Å². The van der Waals surface area contributed by atoms with Crippen molar-refractivity contribution in [1.82, 2.24) is 4.98 Å². The Bertz CT molecular complexity index is 1190. The van der Waals surface area contributed by atoms with Crippen molar-refractivity contribution in [1.29, 1.82) is 0 Å². The Balaban J connectivity index is 1.59. The third kappa shape index (κ3) is 3.37. The number of fused-ring (bicyclic) bond motifs is 1. The van der Waals surface area contributed by atoms with Gasteiger partial charge in [0.25, 0.3) is 0 Å². The molecular weight excluding hydrogens is 352 g/mol. The largest absolute Gasteiger partial charge is 0.311 e. The Hall–Kier alpha value is -3.91. The van der Waals surface area contributed by atoms with Crippen LogP contribution in [0.3, 0.4) is 0 Å². The minimum Gasteiger partial charge on any atom is -0.311 e. The van der Waals surface area contributed by atoms with E-state index in [1.807, 2.05) is 24.4 Å². The highest BCUT2D eigenvalue weighted by Gasteiger charge is 2.12. The standard InChI is InChI=1S/C27H20N2/c1-3-11-23(12-4-1)29(24-13-5-2-6-14-24)25-18-16-21(17-19-25)26-15-7-9-22-10-8-20-28-27(22)26/h1-20H. The SMILES string of the molecule is c1ccc(N(c2ccccc2)c2ccc(-c3cccc4cccnc34)cc2)cc1. The lowest BCUT2D eigenvalue weighted by Crippen LogP contribution is -2.09. The molecule has 5 aromatic rings. The van der Waals surface area contributed by atoms with Gasteiger partial charge in [-0.15, -0.1) is 0 Å². The number of pyridine rings is 1. The Kier molecular flexibility index (Phi) is 4.51. The van der Waals surface area contributed by atoms with Crippen molar-refractivity contribution >= 4 is 28.0 Å². The topological polar surface area (TPSA) is 16.1 Å². The van der Waals surface area contributed by atoms with Gasteiger partial charge < -0.3 is 4.90 Å². The van der Waals surface area contributed by atoms with E-state index in [1.165, 1.54) is 5.56 Å². The lowest BCUT2D eigenvalue weighted by Gasteiger charge is -2.25. The molecule has 138 valence electrons. The predicted molar refractivity (Wildman–Crippen MR) is 122 cm³/mol. The van der Waals surface area contributed by atoms with Crippen LogP contribution in [0, 0.1) is 0 Å². The maximum Gasteiger partial charge on any atom is 0.0780 e. The van der Waals surface area contributed by atoms with E-state index in [-0.39, 0.29) is 0 Å². The number of rotatable bonds is 4. The van der Waals surface area contributed by atoms with E-state index in [0.29, 0.717) is 0 Å². The molecule has 29 heavy (non-hydrogen) atoms. The second-order valence-electron chi connectivity index (χ2n) is 6.93. The van der Waals surface area contributed by atoms with Crippen molar-refractivity contribution in [3.05, 3.63) is 121 Å². The van der Waals surface area contributed by atoms with E-state index in [0.717, 1.165) is 33.5 Å². The molecule has 5 rings (SSSR count). The molecule has 1 heterocycles. The van der Waals surface area contributed by atoms with E-state index < -0.39 is 0 Å². The van der Waals surface area contributed by atoms with Crippen molar-refractivity contribution in [2.75, 3.05) is 4.90 Å². The van der Waals surface area contributed by atoms with E-state index in [2.05, 4.69) is 107 Å². The zero-order valence-electron chi connectivity index (χ0n) is 15.9. The second-order valence-corrected chi connectivity index (χ2v) is 6.93. The van der Waals surface area contributed by atoms with Gasteiger partial charge >= 0.3 is 0 Å². The number of hydrogen-bond acceptors (Lipinski definition) is 2. The van der Waals surface area contributed by atoms with E-state index in [1.54, 1.807) is 0 Å². The van der Waals surface area contributed by atoms with Crippen LogP contribution < -0.4 is 4.90 Å². The molecule has 1 aromatic heterocycles. The second kappa shape index (κ2) is 7.61. The molecule has 2 heteroatoms. The summed E-state index contributed by atoms with van der Waals surface area (Å²) in [6, 6.07) is 40.0. The molecule has 0 saturated carbocycles. The van der Waals surface area contributed by atoms with Crippen molar-refractivity contribution in [2.45, 2.75) is 0 Å². The molecule has 0 aliphatic heterocycles. The molecule has 0 aliphatic rings. The van der Waals surface area contributed by atoms with E-state index in [9.17, 15) is 0 Å². The Labute approximate surface area is 170 Å². The van der Waals surface area contributed by atoms with Crippen LogP contribution in [0.15, 0.2) is 121 Å². The highest BCUT2D eigenvalue weighted by molar-refractivity contribution is 5.93. The zero-order valence-corrected chi connectivity index (χ0v) is 15.9. The number of benzene rings is 4. The summed E-state index contributed by atoms with van der Waals surface area (Å²) in [6.45, 7) is 0. The summed E-state index contributed by atoms with van der Waals surface area (Å²) in [4.78, 5) is 6.87. The average molecular weight is 372 g/mol. The summed E-state index contributed by atoms with van der Waals surface area (Å²) in [6.07, 6.45) is 1.85. The maximum absolute atomic E-state index is 4.60. The summed E-state index contributed by atoms with van der Waals surface area (Å²) < 4.78 is 0. The molecule has 0 fully saturated rings. The van der Waals surface area contributed by atoms with Crippen molar-refractivity contribution in [3.8, 4) is 11.1 Å². The van der Waals surface area contributed by atoms with E-state index >= 15 is 0 Å². The van der Waals surface area contributed by atoms with Gasteiger partial charge in [0.1, 0.15) is 0 Å². The fourth-order valence-corrected chi connectivity index (χ4v) is 3.73. The number of aromatic nitrogens is 1. The first kappa shape index (κ1) is 17.2. The molecule has 0 aliphatic carbocycles. The van der Waals surface area contributed by atoms with Crippen LogP contribution in [0.25, 0.3) is 22.0 Å². The first-order valence-electron chi connectivity index (χ1n) is 9.74. The molecule has 0 unspecified atom stereocenters. The van der Waals surface area contributed by atoms with Gasteiger partial charge in [0.2, 0.25) is 0 Å². The lowest BCUT2D eigenvalue weighted by atomic mass is 10.0. The van der Waals surface area contributed by atoms with Gasteiger partial charge in [-0.1, -0.05) is 72.8 Å². The van der Waals surface area contributed by atoms with Crippen LogP contribution in [-0.2, 0) is 0 Å². The van der Waals surface area contributed by atoms with Crippen molar-refractivity contribution in [2.24, 2.45) is 0 Å². The monoisotopic (exact) mass is 372 g/mol. The third-order valence-corrected chi connectivity index (χ3v) is 5.10. The van der Waals surface area contributed by atoms with Crippen LogP contribution in [0.4, 0.5) is 17.1 Å². The van der Waals surface area contributed by atoms with Gasteiger partial charge in [-0.3, -0.25) is 4.98 Å². The highest BCUT2D eigenvalue weighted by Crippen LogP contribution is 2.36. The number of para-hydroxylation sites is 3. The van der Waals surface area contributed by atoms with E-state index in [4.69, 9.17) is 0 Å². The summed E-state index contributed by atoms with van der Waals surface area (Å²) >= 11 is 0. The first-order valence-corrected chi connectivity index (χ1v) is 9.74. The minimum atomic E-state index is 1.03. The number of nitrogens with zero attached hydrogens (tertiary/aromatic N) is 2. The molecule has 2 nitrogen and oxygen atoms in total. The summed E-state index contributed by atoms with van der Waals surface area (Å²) in [5.74, 6) is 0. The molecule has 4 aromatic carbocycles. The maximum atomic E-state index is 4.60. The molecule has 0 saturated heterocycles. The van der Waals surface area contributed by atoms with Crippen LogP contribution in [0.1, 0.15) is 0 Å². The fourth-order valence-electron chi connectivity index (χ4n) is 3.73. The molecule has 0 spiro atoms. The fraction of sp³-hybridized carbons (Fsp3) is 0. The number of hydrogen-bond donors (Lipinski definition) is 0. The van der Waals surface area contributed by atoms with Gasteiger partial charge in [0, 0.05) is 34.2 Å². The smallest absolute Gasteiger partial charge is 0.0780 e. The van der Waals surface area contributed by atoms with Crippen LogP contribution >= 0.6 is 0 Å². The Morgan fingerprint density at radius 3 is 1.72 bits per heavy atom. The molecule has 0 N–H and O–H groups in total. The van der Waals surface area contributed by atoms with Gasteiger partial charge in [-0.25, -0.2) is 0 Å². The minimum absolute atomic E-state index is 1.03. The predicted octanol–water partition coefficient (Wildman–Crippen LogP) is 7.37. The van der Waals surface area contributed by atoms with Crippen LogP contribution in [-0.4, -0.2) is 4.98 Å². The lowest BCUT2D eigenvalue weighted by molar-refractivity contribution is 1.28. The molecular formula is C27H20N2. The molecule has 0 amide bonds. The average Bonchev–Trinajstić information content (AvgIpc) is 2.81. The number of anilines is 3. The Morgan fingerprint density at radius 1 is 0.483 bits per heavy atom. The van der Waals surface area contributed by atoms with Crippen molar-refractivity contribution < 1.29 is 0 Å². The zero-order chi connectivity index (χ0) is 19.5. The summed E-state index contributed by atoms with van der Waals surface area (Å²) in [5, 5.41) is 1.16.